The quantitative estimate of drug-likeness (QED) is 0.568. The zero-order valence-corrected chi connectivity index (χ0v) is 9.41. The van der Waals surface area contributed by atoms with Gasteiger partial charge < -0.3 is 0 Å². The third kappa shape index (κ3) is 7.00. The molecule has 0 radical (unpaired) electrons. The molecule has 2 atom stereocenters. The van der Waals surface area contributed by atoms with E-state index < -0.39 is 0 Å². The van der Waals surface area contributed by atoms with Crippen LogP contribution in [0, 0.1) is 11.8 Å². The van der Waals surface area contributed by atoms with E-state index in [1.807, 2.05) is 6.08 Å². The Kier molecular flexibility index (Phi) is 8.15. The van der Waals surface area contributed by atoms with Crippen molar-refractivity contribution in [2.75, 3.05) is 5.88 Å². The van der Waals surface area contributed by atoms with Gasteiger partial charge >= 0.3 is 0 Å². The summed E-state index contributed by atoms with van der Waals surface area (Å²) in [6.45, 7) is 4.46. The van der Waals surface area contributed by atoms with E-state index in [-0.39, 0.29) is 0 Å². The maximum Gasteiger partial charge on any atom is 0.0223 e. The summed E-state index contributed by atoms with van der Waals surface area (Å²) in [6, 6.07) is 0. The Morgan fingerprint density at radius 3 is 2.50 bits per heavy atom. The summed E-state index contributed by atoms with van der Waals surface area (Å²) < 4.78 is 0. The average Bonchev–Trinajstić information content (AvgIpc) is 2.01. The van der Waals surface area contributed by atoms with Gasteiger partial charge in [0.1, 0.15) is 0 Å². The maximum atomic E-state index is 5.61. The molecule has 0 N–H and O–H groups in total. The van der Waals surface area contributed by atoms with Crippen LogP contribution in [-0.4, -0.2) is 5.88 Å². The molecule has 0 saturated heterocycles. The zero-order valence-electron chi connectivity index (χ0n) is 7.89. The lowest BCUT2D eigenvalue weighted by Crippen LogP contribution is -2.01. The van der Waals surface area contributed by atoms with Gasteiger partial charge in [-0.15, -0.1) is 11.6 Å². The van der Waals surface area contributed by atoms with Crippen molar-refractivity contribution in [2.24, 2.45) is 11.8 Å². The van der Waals surface area contributed by atoms with Gasteiger partial charge in [-0.05, 0) is 31.1 Å². The van der Waals surface area contributed by atoms with Gasteiger partial charge in [0.05, 0.1) is 0 Å². The highest BCUT2D eigenvalue weighted by Gasteiger charge is 2.05. The van der Waals surface area contributed by atoms with E-state index in [1.54, 1.807) is 5.54 Å². The first-order valence-corrected chi connectivity index (χ1v) is 5.50. The molecule has 0 fully saturated rings. The fourth-order valence-corrected chi connectivity index (χ4v) is 1.78. The summed E-state index contributed by atoms with van der Waals surface area (Å²) in [5.74, 6) is 2.13. The van der Waals surface area contributed by atoms with Crippen LogP contribution in [0.1, 0.15) is 33.1 Å². The normalized spacial score (nSPS) is 16.7. The van der Waals surface area contributed by atoms with Crippen molar-refractivity contribution in [3.05, 3.63) is 11.6 Å². The first-order valence-electron chi connectivity index (χ1n) is 4.53. The van der Waals surface area contributed by atoms with Crippen molar-refractivity contribution in [2.45, 2.75) is 33.1 Å². The first kappa shape index (κ1) is 12.3. The molecule has 0 amide bonds. The molecule has 12 heavy (non-hydrogen) atoms. The molecule has 2 heteroatoms. The Morgan fingerprint density at radius 1 is 1.33 bits per heavy atom. The Balaban J connectivity index is 3.46. The van der Waals surface area contributed by atoms with E-state index in [2.05, 4.69) is 13.8 Å². The van der Waals surface area contributed by atoms with Crippen molar-refractivity contribution in [3.8, 4) is 0 Å². The zero-order chi connectivity index (χ0) is 9.40. The van der Waals surface area contributed by atoms with Gasteiger partial charge in [-0.1, -0.05) is 31.5 Å². The monoisotopic (exact) mass is 208 g/mol. The SMILES string of the molecule is CC(C=CCl)CC(C)CCCCl. The number of hydrogen-bond acceptors (Lipinski definition) is 0. The van der Waals surface area contributed by atoms with E-state index >= 15 is 0 Å². The molecule has 0 aromatic carbocycles. The summed E-state index contributed by atoms with van der Waals surface area (Å²) in [5, 5.41) is 0. The van der Waals surface area contributed by atoms with Crippen molar-refractivity contribution in [1.82, 2.24) is 0 Å². The van der Waals surface area contributed by atoms with Crippen LogP contribution in [0.2, 0.25) is 0 Å². The predicted molar refractivity (Wildman–Crippen MR) is 57.9 cm³/mol. The molecule has 0 aliphatic carbocycles. The molecule has 0 nitrogen and oxygen atoms in total. The molecule has 0 heterocycles. The van der Waals surface area contributed by atoms with Gasteiger partial charge in [-0.2, -0.15) is 0 Å². The second kappa shape index (κ2) is 7.94. The fraction of sp³-hybridized carbons (Fsp3) is 0.800. The van der Waals surface area contributed by atoms with E-state index in [1.165, 1.54) is 12.8 Å². The third-order valence-electron chi connectivity index (χ3n) is 2.01. The Labute approximate surface area is 85.9 Å². The Morgan fingerprint density at radius 2 is 2.00 bits per heavy atom. The molecule has 72 valence electrons. The number of alkyl halides is 1. The van der Waals surface area contributed by atoms with Gasteiger partial charge in [0.2, 0.25) is 0 Å². The molecule has 0 rings (SSSR count). The van der Waals surface area contributed by atoms with Crippen LogP contribution >= 0.6 is 23.2 Å². The minimum atomic E-state index is 0.591. The third-order valence-corrected chi connectivity index (χ3v) is 2.42. The molecule has 0 aromatic heterocycles. The van der Waals surface area contributed by atoms with Crippen LogP contribution in [-0.2, 0) is 0 Å². The van der Waals surface area contributed by atoms with Crippen LogP contribution in [0.15, 0.2) is 11.6 Å². The fourth-order valence-electron chi connectivity index (χ4n) is 1.38. The smallest absolute Gasteiger partial charge is 0.0223 e. The predicted octanol–water partition coefficient (Wildman–Crippen LogP) is 4.42. The number of halogens is 2. The van der Waals surface area contributed by atoms with Gasteiger partial charge in [-0.3, -0.25) is 0 Å². The van der Waals surface area contributed by atoms with Crippen molar-refractivity contribution >= 4 is 23.2 Å². The minimum Gasteiger partial charge on any atom is -0.127 e. The van der Waals surface area contributed by atoms with Crippen molar-refractivity contribution in [3.63, 3.8) is 0 Å². The molecule has 0 aliphatic rings. The summed E-state index contributed by atoms with van der Waals surface area (Å²) in [5.41, 5.74) is 1.61. The number of allylic oxidation sites excluding steroid dienone is 1. The molecule has 0 bridgehead atoms. The summed E-state index contributed by atoms with van der Waals surface area (Å²) in [4.78, 5) is 0. The van der Waals surface area contributed by atoms with Gasteiger partial charge in [0.25, 0.3) is 0 Å². The van der Waals surface area contributed by atoms with E-state index in [0.29, 0.717) is 5.92 Å². The molecule has 0 saturated carbocycles. The van der Waals surface area contributed by atoms with Gasteiger partial charge in [0.15, 0.2) is 0 Å². The number of hydrogen-bond donors (Lipinski definition) is 0. The highest BCUT2D eigenvalue weighted by molar-refractivity contribution is 6.25. The minimum absolute atomic E-state index is 0.591. The van der Waals surface area contributed by atoms with E-state index in [4.69, 9.17) is 23.2 Å². The van der Waals surface area contributed by atoms with Crippen molar-refractivity contribution < 1.29 is 0 Å². The standard InChI is InChI=1S/C10H18Cl2/c1-9(4-3-6-11)8-10(2)5-7-12/h5,7,9-10H,3-4,6,8H2,1-2H3. The first-order chi connectivity index (χ1) is 5.70. The lowest BCUT2D eigenvalue weighted by Gasteiger charge is -2.13. The van der Waals surface area contributed by atoms with E-state index in [0.717, 1.165) is 18.2 Å². The van der Waals surface area contributed by atoms with Crippen LogP contribution in [0.3, 0.4) is 0 Å². The average molecular weight is 209 g/mol. The lowest BCUT2D eigenvalue weighted by atomic mass is 9.94. The van der Waals surface area contributed by atoms with Gasteiger partial charge in [0, 0.05) is 11.4 Å². The highest BCUT2D eigenvalue weighted by Crippen LogP contribution is 2.18. The lowest BCUT2D eigenvalue weighted by molar-refractivity contribution is 0.435. The molecular weight excluding hydrogens is 191 g/mol. The molecule has 0 aliphatic heterocycles. The summed E-state index contributed by atoms with van der Waals surface area (Å²) in [7, 11) is 0. The molecule has 0 aromatic rings. The molecular formula is C10H18Cl2. The second-order valence-electron chi connectivity index (χ2n) is 3.47. The second-order valence-corrected chi connectivity index (χ2v) is 4.10. The summed E-state index contributed by atoms with van der Waals surface area (Å²) >= 11 is 11.1. The van der Waals surface area contributed by atoms with Crippen LogP contribution < -0.4 is 0 Å². The largest absolute Gasteiger partial charge is 0.127 e. The molecule has 0 spiro atoms. The Bertz CT molecular complexity index is 121. The highest BCUT2D eigenvalue weighted by atomic mass is 35.5. The maximum absolute atomic E-state index is 5.61. The van der Waals surface area contributed by atoms with Crippen LogP contribution in [0.5, 0.6) is 0 Å². The topological polar surface area (TPSA) is 0 Å². The van der Waals surface area contributed by atoms with Crippen LogP contribution in [0.25, 0.3) is 0 Å². The van der Waals surface area contributed by atoms with Crippen LogP contribution in [0.4, 0.5) is 0 Å². The summed E-state index contributed by atoms with van der Waals surface area (Å²) in [6.07, 6.45) is 5.60. The number of rotatable bonds is 6. The molecule has 2 unspecified atom stereocenters. The Hall–Kier alpha value is 0.320. The van der Waals surface area contributed by atoms with E-state index in [9.17, 15) is 0 Å². The van der Waals surface area contributed by atoms with Gasteiger partial charge in [-0.25, -0.2) is 0 Å². The van der Waals surface area contributed by atoms with Crippen molar-refractivity contribution in [1.29, 1.82) is 0 Å².